The van der Waals surface area contributed by atoms with E-state index in [1.54, 1.807) is 25.1 Å². The lowest BCUT2D eigenvalue weighted by molar-refractivity contribution is 0.0692. The monoisotopic (exact) mass is 347 g/mol. The lowest BCUT2D eigenvalue weighted by Crippen LogP contribution is -2.38. The van der Waals surface area contributed by atoms with E-state index in [9.17, 15) is 18.3 Å². The van der Waals surface area contributed by atoms with E-state index in [0.717, 1.165) is 5.56 Å². The molecular formula is C17H17NO5S. The summed E-state index contributed by atoms with van der Waals surface area (Å²) >= 11 is 0. The number of carboxylic acids is 1. The topological polar surface area (TPSA) is 83.9 Å². The zero-order valence-electron chi connectivity index (χ0n) is 13.3. The molecule has 0 aromatic heterocycles. The summed E-state index contributed by atoms with van der Waals surface area (Å²) in [5.74, 6) is -1.07. The Balaban J connectivity index is 2.17. The Hall–Kier alpha value is -2.54. The van der Waals surface area contributed by atoms with E-state index in [0.29, 0.717) is 5.56 Å². The first kappa shape index (κ1) is 16.3. The van der Waals surface area contributed by atoms with Crippen LogP contribution in [0.5, 0.6) is 5.75 Å². The van der Waals surface area contributed by atoms with Crippen molar-refractivity contribution < 1.29 is 23.1 Å². The number of benzene rings is 2. The summed E-state index contributed by atoms with van der Waals surface area (Å²) in [6, 6.07) is 9.71. The van der Waals surface area contributed by atoms with E-state index < -0.39 is 16.0 Å². The fourth-order valence-electron chi connectivity index (χ4n) is 2.75. The third-order valence-electron chi connectivity index (χ3n) is 3.95. The zero-order chi connectivity index (χ0) is 17.5. The van der Waals surface area contributed by atoms with E-state index >= 15 is 0 Å². The van der Waals surface area contributed by atoms with Crippen LogP contribution in [0.2, 0.25) is 0 Å². The summed E-state index contributed by atoms with van der Waals surface area (Å²) in [6.45, 7) is 3.79. The second-order valence-corrected chi connectivity index (χ2v) is 7.48. The van der Waals surface area contributed by atoms with Gasteiger partial charge >= 0.3 is 5.97 Å². The fraction of sp³-hybridized carbons (Fsp3) is 0.235. The van der Waals surface area contributed by atoms with E-state index in [1.807, 2.05) is 13.0 Å². The summed E-state index contributed by atoms with van der Waals surface area (Å²) in [4.78, 5) is 11.6. The molecule has 0 aliphatic carbocycles. The smallest absolute Gasteiger partial charge is 0.339 e. The molecule has 3 rings (SSSR count). The molecule has 126 valence electrons. The Bertz CT molecular complexity index is 921. The Kier molecular flexibility index (Phi) is 3.96. The van der Waals surface area contributed by atoms with Crippen LogP contribution in [-0.4, -0.2) is 32.6 Å². The molecule has 0 saturated heterocycles. The third-order valence-corrected chi connectivity index (χ3v) is 5.90. The van der Waals surface area contributed by atoms with Crippen LogP contribution in [-0.2, 0) is 10.0 Å². The van der Waals surface area contributed by atoms with Crippen LogP contribution in [0.25, 0.3) is 0 Å². The number of hydrogen-bond donors (Lipinski definition) is 1. The van der Waals surface area contributed by atoms with Gasteiger partial charge in [-0.15, -0.1) is 0 Å². The molecule has 0 unspecified atom stereocenters. The van der Waals surface area contributed by atoms with Crippen molar-refractivity contribution in [2.45, 2.75) is 18.7 Å². The maximum absolute atomic E-state index is 13.1. The van der Waals surface area contributed by atoms with Gasteiger partial charge in [-0.2, -0.15) is 0 Å². The predicted octanol–water partition coefficient (Wildman–Crippen LogP) is 2.59. The summed E-state index contributed by atoms with van der Waals surface area (Å²) in [7, 11) is -3.81. The number of fused-ring (bicyclic) bond motifs is 1. The first-order valence-corrected chi connectivity index (χ1v) is 8.85. The Morgan fingerprint density at radius 2 is 1.96 bits per heavy atom. The highest BCUT2D eigenvalue weighted by atomic mass is 32.2. The number of para-hydroxylation sites is 1. The van der Waals surface area contributed by atoms with Gasteiger partial charge in [0.05, 0.1) is 17.1 Å². The number of carboxylic acid groups (broad SMARTS) is 1. The molecule has 0 amide bonds. The van der Waals surface area contributed by atoms with Crippen molar-refractivity contribution in [3.63, 3.8) is 0 Å². The molecule has 0 bridgehead atoms. The van der Waals surface area contributed by atoms with Crippen LogP contribution < -0.4 is 9.04 Å². The SMILES string of the molecule is Cc1ccc(C)c(S(=O)(=O)N2CCOc3c(C(=O)O)cccc32)c1. The van der Waals surface area contributed by atoms with Crippen molar-refractivity contribution in [3.05, 3.63) is 53.1 Å². The zero-order valence-corrected chi connectivity index (χ0v) is 14.1. The minimum absolute atomic E-state index is 0.0478. The van der Waals surface area contributed by atoms with Crippen LogP contribution in [0.4, 0.5) is 5.69 Å². The van der Waals surface area contributed by atoms with Crippen LogP contribution >= 0.6 is 0 Å². The van der Waals surface area contributed by atoms with Crippen LogP contribution in [0.1, 0.15) is 21.5 Å². The summed E-state index contributed by atoms with van der Waals surface area (Å²) in [5, 5.41) is 9.28. The average molecular weight is 347 g/mol. The molecule has 7 heteroatoms. The van der Waals surface area contributed by atoms with E-state index in [2.05, 4.69) is 0 Å². The van der Waals surface area contributed by atoms with Crippen molar-refractivity contribution in [2.24, 2.45) is 0 Å². The molecule has 2 aromatic rings. The largest absolute Gasteiger partial charge is 0.489 e. The van der Waals surface area contributed by atoms with Gasteiger partial charge in [0.2, 0.25) is 0 Å². The minimum Gasteiger partial charge on any atom is -0.489 e. The van der Waals surface area contributed by atoms with Gasteiger partial charge in [0.25, 0.3) is 10.0 Å². The number of anilines is 1. The maximum atomic E-state index is 13.1. The number of carbonyl (C=O) groups is 1. The Labute approximate surface area is 140 Å². The molecule has 0 fully saturated rings. The molecule has 0 atom stereocenters. The van der Waals surface area contributed by atoms with E-state index in [4.69, 9.17) is 4.74 Å². The van der Waals surface area contributed by atoms with Crippen LogP contribution in [0.15, 0.2) is 41.3 Å². The predicted molar refractivity (Wildman–Crippen MR) is 89.3 cm³/mol. The second-order valence-electron chi connectivity index (χ2n) is 5.65. The van der Waals surface area contributed by atoms with Crippen LogP contribution in [0, 0.1) is 13.8 Å². The Morgan fingerprint density at radius 1 is 1.21 bits per heavy atom. The summed E-state index contributed by atoms with van der Waals surface area (Å²) < 4.78 is 32.9. The molecular weight excluding hydrogens is 330 g/mol. The Morgan fingerprint density at radius 3 is 2.67 bits per heavy atom. The molecule has 1 aliphatic heterocycles. The quantitative estimate of drug-likeness (QED) is 0.922. The van der Waals surface area contributed by atoms with Gasteiger partial charge in [-0.25, -0.2) is 13.2 Å². The first-order valence-electron chi connectivity index (χ1n) is 7.41. The molecule has 1 N–H and O–H groups in total. The molecule has 6 nitrogen and oxygen atoms in total. The van der Waals surface area contributed by atoms with Gasteiger partial charge in [0.15, 0.2) is 5.75 Å². The lowest BCUT2D eigenvalue weighted by atomic mass is 10.1. The molecule has 1 aliphatic rings. The second kappa shape index (κ2) is 5.83. The van der Waals surface area contributed by atoms with Crippen LogP contribution in [0.3, 0.4) is 0 Å². The van der Waals surface area contributed by atoms with E-state index in [1.165, 1.54) is 16.4 Å². The molecule has 2 aromatic carbocycles. The number of nitrogens with zero attached hydrogens (tertiary/aromatic N) is 1. The summed E-state index contributed by atoms with van der Waals surface area (Å²) in [5.41, 5.74) is 1.69. The number of rotatable bonds is 3. The maximum Gasteiger partial charge on any atom is 0.339 e. The van der Waals surface area contributed by atoms with Crippen molar-refractivity contribution in [3.8, 4) is 5.75 Å². The highest BCUT2D eigenvalue weighted by molar-refractivity contribution is 7.92. The van der Waals surface area contributed by atoms with Crippen molar-refractivity contribution in [2.75, 3.05) is 17.5 Å². The molecule has 1 heterocycles. The van der Waals surface area contributed by atoms with Gasteiger partial charge in [-0.05, 0) is 43.2 Å². The van der Waals surface area contributed by atoms with Gasteiger partial charge < -0.3 is 9.84 Å². The van der Waals surface area contributed by atoms with Crippen molar-refractivity contribution >= 4 is 21.7 Å². The average Bonchev–Trinajstić information content (AvgIpc) is 2.55. The third kappa shape index (κ3) is 2.60. The number of ether oxygens (including phenoxy) is 1. The minimum atomic E-state index is -3.81. The normalized spacial score (nSPS) is 14.0. The fourth-order valence-corrected chi connectivity index (χ4v) is 4.51. The first-order chi connectivity index (χ1) is 11.3. The highest BCUT2D eigenvalue weighted by Crippen LogP contribution is 2.38. The summed E-state index contributed by atoms with van der Waals surface area (Å²) in [6.07, 6.45) is 0. The highest BCUT2D eigenvalue weighted by Gasteiger charge is 2.33. The van der Waals surface area contributed by atoms with Gasteiger partial charge in [0.1, 0.15) is 12.2 Å². The van der Waals surface area contributed by atoms with E-state index in [-0.39, 0.29) is 35.0 Å². The van der Waals surface area contributed by atoms with Gasteiger partial charge in [0, 0.05) is 0 Å². The van der Waals surface area contributed by atoms with Gasteiger partial charge in [-0.3, -0.25) is 4.31 Å². The number of hydrogen-bond acceptors (Lipinski definition) is 4. The molecule has 0 spiro atoms. The van der Waals surface area contributed by atoms with Crippen molar-refractivity contribution in [1.29, 1.82) is 0 Å². The number of aryl methyl sites for hydroxylation is 2. The molecule has 0 radical (unpaired) electrons. The standard InChI is InChI=1S/C17H17NO5S/c1-11-6-7-12(2)15(10-11)24(21,22)18-8-9-23-16-13(17(19)20)4-3-5-14(16)18/h3-7,10H,8-9H2,1-2H3,(H,19,20). The number of aromatic carboxylic acids is 1. The number of sulfonamides is 1. The lowest BCUT2D eigenvalue weighted by Gasteiger charge is -2.31. The molecule has 0 saturated carbocycles. The molecule has 24 heavy (non-hydrogen) atoms. The van der Waals surface area contributed by atoms with Gasteiger partial charge in [-0.1, -0.05) is 18.2 Å². The van der Waals surface area contributed by atoms with Crippen molar-refractivity contribution in [1.82, 2.24) is 0 Å².